The molecule has 2 aromatic carbocycles. The molecule has 2 aliphatic heterocycles. The lowest BCUT2D eigenvalue weighted by Crippen LogP contribution is -2.38. The molecule has 1 unspecified atom stereocenters. The number of rotatable bonds is 9. The van der Waals surface area contributed by atoms with Crippen molar-refractivity contribution in [1.82, 2.24) is 20.2 Å². The van der Waals surface area contributed by atoms with E-state index in [1.54, 1.807) is 6.20 Å². The second-order valence-electron chi connectivity index (χ2n) is 10.7. The van der Waals surface area contributed by atoms with Crippen LogP contribution in [0.2, 0.25) is 5.02 Å². The molecule has 9 heteroatoms. The molecule has 0 spiro atoms. The van der Waals surface area contributed by atoms with Gasteiger partial charge >= 0.3 is 0 Å². The first-order valence-electron chi connectivity index (χ1n) is 13.3. The third-order valence-electron chi connectivity index (χ3n) is 7.60. The van der Waals surface area contributed by atoms with Crippen molar-refractivity contribution in [3.8, 4) is 0 Å². The highest BCUT2D eigenvalue weighted by Crippen LogP contribution is 2.40. The Labute approximate surface area is 229 Å². The Morgan fingerprint density at radius 2 is 2.00 bits per heavy atom. The Balaban J connectivity index is 1.24. The summed E-state index contributed by atoms with van der Waals surface area (Å²) in [5.74, 6) is 1.58. The fourth-order valence-corrected chi connectivity index (χ4v) is 5.64. The number of aromatic nitrogens is 2. The van der Waals surface area contributed by atoms with E-state index in [2.05, 4.69) is 60.4 Å². The van der Waals surface area contributed by atoms with Gasteiger partial charge in [0.05, 0.1) is 11.6 Å². The van der Waals surface area contributed by atoms with Crippen molar-refractivity contribution in [3.63, 3.8) is 0 Å². The molecule has 200 valence electrons. The van der Waals surface area contributed by atoms with Gasteiger partial charge in [-0.05, 0) is 81.1 Å². The second-order valence-corrected chi connectivity index (χ2v) is 11.1. The summed E-state index contributed by atoms with van der Waals surface area (Å²) >= 11 is 6.42. The molecule has 3 heterocycles. The number of hydrogen-bond donors (Lipinski definition) is 4. The van der Waals surface area contributed by atoms with Gasteiger partial charge in [0.2, 0.25) is 11.9 Å². The summed E-state index contributed by atoms with van der Waals surface area (Å²) < 4.78 is 0. The minimum atomic E-state index is -0.593. The van der Waals surface area contributed by atoms with E-state index in [-0.39, 0.29) is 5.91 Å². The molecule has 8 nitrogen and oxygen atoms in total. The zero-order valence-corrected chi connectivity index (χ0v) is 23.0. The van der Waals surface area contributed by atoms with Crippen LogP contribution in [0.25, 0.3) is 0 Å². The number of hydrogen-bond acceptors (Lipinski definition) is 7. The molecule has 0 bridgehead atoms. The minimum absolute atomic E-state index is 0.00660. The van der Waals surface area contributed by atoms with Gasteiger partial charge < -0.3 is 26.2 Å². The summed E-state index contributed by atoms with van der Waals surface area (Å²) in [6.45, 7) is 8.77. The fourth-order valence-electron chi connectivity index (χ4n) is 5.48. The number of piperidine rings is 1. The van der Waals surface area contributed by atoms with Crippen molar-refractivity contribution >= 4 is 40.6 Å². The number of halogens is 1. The van der Waals surface area contributed by atoms with Crippen molar-refractivity contribution in [2.24, 2.45) is 0 Å². The number of carbonyl (C=O) groups is 1. The number of likely N-dealkylation sites (tertiary alicyclic amines) is 1. The molecular formula is C29H36ClN7O. The van der Waals surface area contributed by atoms with Gasteiger partial charge in [-0.3, -0.25) is 4.79 Å². The van der Waals surface area contributed by atoms with Gasteiger partial charge in [0.15, 0.2) is 5.82 Å². The monoisotopic (exact) mass is 533 g/mol. The zero-order valence-electron chi connectivity index (χ0n) is 22.3. The molecule has 1 aromatic heterocycles. The molecule has 4 N–H and O–H groups in total. The highest BCUT2D eigenvalue weighted by Gasteiger charge is 2.39. The number of fused-ring (bicyclic) bond motifs is 1. The summed E-state index contributed by atoms with van der Waals surface area (Å²) in [4.78, 5) is 24.0. The number of carbonyl (C=O) groups excluding carboxylic acids is 1. The lowest BCUT2D eigenvalue weighted by molar-refractivity contribution is -0.119. The van der Waals surface area contributed by atoms with Crippen molar-refractivity contribution in [2.75, 3.05) is 49.2 Å². The number of nitrogens with zero attached hydrogens (tertiary/aromatic N) is 3. The number of nitrogens with one attached hydrogen (secondary N) is 4. The number of likely N-dealkylation sites (N-methyl/N-ethyl adjacent to an activating group) is 1. The summed E-state index contributed by atoms with van der Waals surface area (Å²) in [5, 5.41) is 13.3. The van der Waals surface area contributed by atoms with Gasteiger partial charge in [-0.25, -0.2) is 4.98 Å². The Kier molecular flexibility index (Phi) is 7.83. The molecule has 2 aliphatic rings. The molecule has 5 rings (SSSR count). The van der Waals surface area contributed by atoms with Crippen LogP contribution in [-0.2, 0) is 16.8 Å². The standard InChI is InChI=1S/C29H36ClN7O/c1-29(2)25-20(6-4-8-24(25)35-27(29)38)16-32-26-23(30)17-33-28(36-26)34-22-11-9-19(10-12-22)21-7-5-14-37(18-21)15-13-31-3/h4,6,8-12,17,21,31H,5,7,13-16,18H2,1-3H3,(H,35,38)(H2,32,33,34,36). The van der Waals surface area contributed by atoms with Crippen LogP contribution < -0.4 is 21.3 Å². The summed E-state index contributed by atoms with van der Waals surface area (Å²) in [5.41, 5.74) is 4.59. The van der Waals surface area contributed by atoms with Crippen LogP contribution in [0.3, 0.4) is 0 Å². The molecule has 1 atom stereocenters. The van der Waals surface area contributed by atoms with Gasteiger partial charge in [-0.1, -0.05) is 35.9 Å². The SMILES string of the molecule is CNCCN1CCCC(c2ccc(Nc3ncc(Cl)c(NCc4cccc5c4C(C)(C)C(=O)N5)n3)cc2)C1. The van der Waals surface area contributed by atoms with E-state index < -0.39 is 5.41 Å². The summed E-state index contributed by atoms with van der Waals surface area (Å²) in [6.07, 6.45) is 4.06. The van der Waals surface area contributed by atoms with Crippen molar-refractivity contribution in [3.05, 3.63) is 70.4 Å². The smallest absolute Gasteiger partial charge is 0.234 e. The van der Waals surface area contributed by atoms with E-state index >= 15 is 0 Å². The Bertz CT molecular complexity index is 1290. The maximum atomic E-state index is 12.4. The molecule has 1 amide bonds. The maximum absolute atomic E-state index is 12.4. The fraction of sp³-hybridized carbons (Fsp3) is 0.414. The van der Waals surface area contributed by atoms with Crippen LogP contribution in [0.15, 0.2) is 48.7 Å². The summed E-state index contributed by atoms with van der Waals surface area (Å²) in [6, 6.07) is 14.5. The number of amides is 1. The van der Waals surface area contributed by atoms with E-state index in [4.69, 9.17) is 11.6 Å². The predicted octanol–water partition coefficient (Wildman–Crippen LogP) is 5.11. The highest BCUT2D eigenvalue weighted by molar-refractivity contribution is 6.32. The van der Waals surface area contributed by atoms with E-state index in [0.29, 0.717) is 29.3 Å². The molecular weight excluding hydrogens is 498 g/mol. The summed E-state index contributed by atoms with van der Waals surface area (Å²) in [7, 11) is 2.01. The Hall–Kier alpha value is -3.20. The van der Waals surface area contributed by atoms with Crippen LogP contribution in [0, 0.1) is 0 Å². The van der Waals surface area contributed by atoms with Gasteiger partial charge in [0.1, 0.15) is 5.02 Å². The zero-order chi connectivity index (χ0) is 26.7. The van der Waals surface area contributed by atoms with E-state index in [9.17, 15) is 4.79 Å². The van der Waals surface area contributed by atoms with Crippen LogP contribution in [-0.4, -0.2) is 54.0 Å². The van der Waals surface area contributed by atoms with Gasteiger partial charge in [0.25, 0.3) is 0 Å². The van der Waals surface area contributed by atoms with Crippen molar-refractivity contribution < 1.29 is 4.79 Å². The molecule has 0 aliphatic carbocycles. The normalized spacial score (nSPS) is 18.6. The number of anilines is 4. The molecule has 3 aromatic rings. The minimum Gasteiger partial charge on any atom is -0.365 e. The lowest BCUT2D eigenvalue weighted by atomic mass is 9.83. The molecule has 1 saturated heterocycles. The highest BCUT2D eigenvalue weighted by atomic mass is 35.5. The van der Waals surface area contributed by atoms with E-state index in [1.165, 1.54) is 24.9 Å². The second kappa shape index (κ2) is 11.3. The topological polar surface area (TPSA) is 94.2 Å². The molecule has 38 heavy (non-hydrogen) atoms. The molecule has 1 fully saturated rings. The van der Waals surface area contributed by atoms with E-state index in [0.717, 1.165) is 42.1 Å². The third-order valence-corrected chi connectivity index (χ3v) is 7.88. The van der Waals surface area contributed by atoms with Gasteiger partial charge in [-0.2, -0.15) is 4.98 Å². The van der Waals surface area contributed by atoms with Crippen LogP contribution in [0.1, 0.15) is 49.3 Å². The van der Waals surface area contributed by atoms with Crippen LogP contribution in [0.4, 0.5) is 23.1 Å². The van der Waals surface area contributed by atoms with E-state index in [1.807, 2.05) is 39.1 Å². The average Bonchev–Trinajstić information content (AvgIpc) is 3.16. The van der Waals surface area contributed by atoms with Gasteiger partial charge in [0, 0.05) is 37.6 Å². The largest absolute Gasteiger partial charge is 0.365 e. The Morgan fingerprint density at radius 3 is 2.79 bits per heavy atom. The maximum Gasteiger partial charge on any atom is 0.234 e. The van der Waals surface area contributed by atoms with Crippen LogP contribution >= 0.6 is 11.6 Å². The average molecular weight is 534 g/mol. The lowest BCUT2D eigenvalue weighted by Gasteiger charge is -2.33. The molecule has 0 radical (unpaired) electrons. The van der Waals surface area contributed by atoms with Crippen molar-refractivity contribution in [1.29, 1.82) is 0 Å². The van der Waals surface area contributed by atoms with Gasteiger partial charge in [-0.15, -0.1) is 0 Å². The molecule has 0 saturated carbocycles. The van der Waals surface area contributed by atoms with Crippen LogP contribution in [0.5, 0.6) is 0 Å². The quantitative estimate of drug-likeness (QED) is 0.303. The first-order valence-corrected chi connectivity index (χ1v) is 13.7. The first-order chi connectivity index (χ1) is 18.3. The predicted molar refractivity (Wildman–Crippen MR) is 155 cm³/mol. The van der Waals surface area contributed by atoms with Crippen molar-refractivity contribution in [2.45, 2.75) is 44.6 Å². The Morgan fingerprint density at radius 1 is 1.18 bits per heavy atom. The number of benzene rings is 2. The third kappa shape index (κ3) is 5.62. The first kappa shape index (κ1) is 26.4.